The van der Waals surface area contributed by atoms with Gasteiger partial charge in [0.15, 0.2) is 0 Å². The average molecular weight is 449 g/mol. The van der Waals surface area contributed by atoms with Gasteiger partial charge >= 0.3 is 0 Å². The first-order valence-electron chi connectivity index (χ1n) is 9.86. The topological polar surface area (TPSA) is 58.2 Å². The molecule has 1 amide bonds. The molecule has 0 unspecified atom stereocenters. The standard InChI is InChI=1S/C23H23Cl2FN2O2/c1-22(2,3)10-18-23(14-8-7-12(24)9-16(14)28-21(23)30)19(17(11-29)27-18)13-5-4-6-15(25)20(13)26/h4-9,11,17-19,27H,10H2,1-3H3,(H,28,30)/t17-,18-,19-,23+/m0/s1. The minimum Gasteiger partial charge on any atom is -0.325 e. The fourth-order valence-corrected chi connectivity index (χ4v) is 5.45. The molecular weight excluding hydrogens is 426 g/mol. The van der Waals surface area contributed by atoms with Crippen molar-refractivity contribution >= 4 is 41.1 Å². The molecule has 1 saturated heterocycles. The lowest BCUT2D eigenvalue weighted by molar-refractivity contribution is -0.122. The minimum absolute atomic E-state index is 0.0405. The van der Waals surface area contributed by atoms with Gasteiger partial charge in [-0.05, 0) is 41.2 Å². The molecule has 2 aliphatic heterocycles. The highest BCUT2D eigenvalue weighted by Crippen LogP contribution is 2.56. The second-order valence-corrected chi connectivity index (χ2v) is 10.1. The number of carbonyl (C=O) groups excluding carboxylic acids is 2. The van der Waals surface area contributed by atoms with Gasteiger partial charge in [-0.2, -0.15) is 0 Å². The van der Waals surface area contributed by atoms with Crippen molar-refractivity contribution in [1.29, 1.82) is 0 Å². The number of carbonyl (C=O) groups is 2. The second kappa shape index (κ2) is 7.33. The third-order valence-electron chi connectivity index (χ3n) is 6.12. The highest BCUT2D eigenvalue weighted by atomic mass is 35.5. The average Bonchev–Trinajstić information content (AvgIpc) is 3.12. The molecule has 0 aliphatic carbocycles. The molecule has 4 nitrogen and oxygen atoms in total. The Kier molecular flexibility index (Phi) is 5.20. The van der Waals surface area contributed by atoms with Gasteiger partial charge in [-0.3, -0.25) is 4.79 Å². The molecule has 7 heteroatoms. The number of aldehydes is 1. The van der Waals surface area contributed by atoms with Gasteiger partial charge in [0, 0.05) is 22.7 Å². The van der Waals surface area contributed by atoms with Crippen molar-refractivity contribution in [1.82, 2.24) is 5.32 Å². The Balaban J connectivity index is 2.02. The van der Waals surface area contributed by atoms with Crippen LogP contribution in [0.2, 0.25) is 10.0 Å². The molecule has 0 aromatic heterocycles. The Morgan fingerprint density at radius 1 is 1.20 bits per heavy atom. The molecule has 1 spiro atoms. The van der Waals surface area contributed by atoms with E-state index in [4.69, 9.17) is 23.2 Å². The van der Waals surface area contributed by atoms with Gasteiger partial charge in [0.2, 0.25) is 5.91 Å². The van der Waals surface area contributed by atoms with Gasteiger partial charge in [-0.25, -0.2) is 4.39 Å². The zero-order valence-electron chi connectivity index (χ0n) is 16.9. The van der Waals surface area contributed by atoms with Crippen molar-refractivity contribution < 1.29 is 14.0 Å². The molecule has 0 bridgehead atoms. The fourth-order valence-electron chi connectivity index (χ4n) is 5.09. The molecule has 4 rings (SSSR count). The summed E-state index contributed by atoms with van der Waals surface area (Å²) in [6, 6.07) is 8.77. The Morgan fingerprint density at radius 3 is 2.60 bits per heavy atom. The fraction of sp³-hybridized carbons (Fsp3) is 0.391. The number of hydrogen-bond acceptors (Lipinski definition) is 3. The molecule has 158 valence electrons. The van der Waals surface area contributed by atoms with Gasteiger partial charge in [-0.1, -0.05) is 62.2 Å². The Morgan fingerprint density at radius 2 is 1.93 bits per heavy atom. The zero-order chi connectivity index (χ0) is 21.8. The lowest BCUT2D eigenvalue weighted by Gasteiger charge is -2.37. The largest absolute Gasteiger partial charge is 0.325 e. The Bertz CT molecular complexity index is 1040. The van der Waals surface area contributed by atoms with Crippen LogP contribution in [0.25, 0.3) is 0 Å². The van der Waals surface area contributed by atoms with Gasteiger partial charge in [0.25, 0.3) is 0 Å². The third kappa shape index (κ3) is 3.15. The maximum Gasteiger partial charge on any atom is 0.237 e. The number of hydrogen-bond donors (Lipinski definition) is 2. The number of amides is 1. The van der Waals surface area contributed by atoms with E-state index in [1.165, 1.54) is 6.07 Å². The van der Waals surface area contributed by atoms with Crippen molar-refractivity contribution in [3.8, 4) is 0 Å². The van der Waals surface area contributed by atoms with Gasteiger partial charge in [0.1, 0.15) is 17.5 Å². The van der Waals surface area contributed by atoms with E-state index in [9.17, 15) is 9.59 Å². The normalized spacial score (nSPS) is 27.9. The minimum atomic E-state index is -1.18. The summed E-state index contributed by atoms with van der Waals surface area (Å²) in [5.74, 6) is -1.64. The number of nitrogens with one attached hydrogen (secondary N) is 2. The number of rotatable bonds is 3. The number of fused-ring (bicyclic) bond motifs is 2. The molecule has 2 heterocycles. The molecule has 30 heavy (non-hydrogen) atoms. The molecular formula is C23H23Cl2FN2O2. The third-order valence-corrected chi connectivity index (χ3v) is 6.65. The summed E-state index contributed by atoms with van der Waals surface area (Å²) in [5.41, 5.74) is 0.237. The van der Waals surface area contributed by atoms with Crippen LogP contribution in [0.1, 0.15) is 44.2 Å². The molecule has 4 atom stereocenters. The number of benzene rings is 2. The van der Waals surface area contributed by atoms with E-state index in [1.807, 2.05) is 0 Å². The second-order valence-electron chi connectivity index (χ2n) is 9.28. The lowest BCUT2D eigenvalue weighted by atomic mass is 9.62. The Labute approximate surface area is 185 Å². The van der Waals surface area contributed by atoms with Gasteiger partial charge < -0.3 is 15.4 Å². The highest BCUT2D eigenvalue weighted by Gasteiger charge is 2.64. The van der Waals surface area contributed by atoms with Crippen molar-refractivity contribution in [3.63, 3.8) is 0 Å². The summed E-state index contributed by atoms with van der Waals surface area (Å²) < 4.78 is 15.2. The first kappa shape index (κ1) is 21.3. The summed E-state index contributed by atoms with van der Waals surface area (Å²) in [6.45, 7) is 6.21. The first-order chi connectivity index (χ1) is 14.1. The van der Waals surface area contributed by atoms with Crippen LogP contribution in [0.5, 0.6) is 0 Å². The van der Waals surface area contributed by atoms with Crippen LogP contribution in [-0.2, 0) is 15.0 Å². The predicted octanol–water partition coefficient (Wildman–Crippen LogP) is 5.08. The molecule has 2 aliphatic rings. The van der Waals surface area contributed by atoms with Gasteiger partial charge in [-0.15, -0.1) is 0 Å². The van der Waals surface area contributed by atoms with E-state index < -0.39 is 29.2 Å². The molecule has 2 aromatic carbocycles. The van der Waals surface area contributed by atoms with Crippen molar-refractivity contribution in [2.24, 2.45) is 5.41 Å². The van der Waals surface area contributed by atoms with Crippen LogP contribution in [-0.4, -0.2) is 24.3 Å². The molecule has 1 fully saturated rings. The van der Waals surface area contributed by atoms with E-state index in [1.54, 1.807) is 30.3 Å². The maximum atomic E-state index is 15.2. The van der Waals surface area contributed by atoms with Crippen molar-refractivity contribution in [2.75, 3.05) is 5.32 Å². The quantitative estimate of drug-likeness (QED) is 0.643. The number of anilines is 1. The van der Waals surface area contributed by atoms with E-state index in [0.29, 0.717) is 22.7 Å². The SMILES string of the molecule is CC(C)(C)C[C@@H]1N[C@@H](C=O)[C@H](c2cccc(Cl)c2F)[C@]12C(=O)Nc1cc(Cl)ccc12. The van der Waals surface area contributed by atoms with E-state index >= 15 is 4.39 Å². The van der Waals surface area contributed by atoms with Crippen LogP contribution in [0.15, 0.2) is 36.4 Å². The number of halogens is 3. The lowest BCUT2D eigenvalue weighted by Crippen LogP contribution is -2.49. The molecule has 2 aromatic rings. The van der Waals surface area contributed by atoms with E-state index in [0.717, 1.165) is 6.29 Å². The summed E-state index contributed by atoms with van der Waals surface area (Å²) in [4.78, 5) is 25.8. The van der Waals surface area contributed by atoms with Crippen LogP contribution in [0, 0.1) is 11.2 Å². The molecule has 0 radical (unpaired) electrons. The van der Waals surface area contributed by atoms with Gasteiger partial charge in [0.05, 0.1) is 11.1 Å². The van der Waals surface area contributed by atoms with E-state index in [-0.39, 0.29) is 21.9 Å². The van der Waals surface area contributed by atoms with Crippen molar-refractivity contribution in [3.05, 3.63) is 63.4 Å². The Hall–Kier alpha value is -1.95. The first-order valence-corrected chi connectivity index (χ1v) is 10.6. The molecule has 2 N–H and O–H groups in total. The monoisotopic (exact) mass is 448 g/mol. The van der Waals surface area contributed by atoms with E-state index in [2.05, 4.69) is 31.4 Å². The van der Waals surface area contributed by atoms with Crippen LogP contribution >= 0.6 is 23.2 Å². The smallest absolute Gasteiger partial charge is 0.237 e. The molecule has 0 saturated carbocycles. The van der Waals surface area contributed by atoms with Crippen LogP contribution in [0.3, 0.4) is 0 Å². The highest BCUT2D eigenvalue weighted by molar-refractivity contribution is 6.31. The predicted molar refractivity (Wildman–Crippen MR) is 117 cm³/mol. The van der Waals surface area contributed by atoms with Crippen LogP contribution < -0.4 is 10.6 Å². The van der Waals surface area contributed by atoms with Crippen LogP contribution in [0.4, 0.5) is 10.1 Å². The summed E-state index contributed by atoms with van der Waals surface area (Å²) in [7, 11) is 0. The summed E-state index contributed by atoms with van der Waals surface area (Å²) in [5, 5.41) is 6.72. The maximum absolute atomic E-state index is 15.2. The van der Waals surface area contributed by atoms with Crippen molar-refractivity contribution in [2.45, 2.75) is 50.6 Å². The summed E-state index contributed by atoms with van der Waals surface area (Å²) in [6.07, 6.45) is 1.36. The zero-order valence-corrected chi connectivity index (χ0v) is 18.4. The summed E-state index contributed by atoms with van der Waals surface area (Å²) >= 11 is 12.2.